The third kappa shape index (κ3) is 2.63. The second kappa shape index (κ2) is 3.80. The standard InChI is InChI=1S/C6H2ClF7/c1-2(8)5(10,11)4(9)3(7)6(12,13)14/h1H2. The van der Waals surface area contributed by atoms with Crippen LogP contribution in [0.1, 0.15) is 0 Å². The van der Waals surface area contributed by atoms with E-state index in [0.29, 0.717) is 0 Å². The lowest BCUT2D eigenvalue weighted by Gasteiger charge is -2.13. The highest BCUT2D eigenvalue weighted by atomic mass is 35.5. The lowest BCUT2D eigenvalue weighted by atomic mass is 10.2. The Morgan fingerprint density at radius 2 is 1.36 bits per heavy atom. The number of alkyl halides is 5. The monoisotopic (exact) mass is 242 g/mol. The highest BCUT2D eigenvalue weighted by Gasteiger charge is 2.48. The van der Waals surface area contributed by atoms with Crippen molar-refractivity contribution >= 4 is 11.6 Å². The molecule has 0 fully saturated rings. The van der Waals surface area contributed by atoms with Crippen molar-refractivity contribution in [3.05, 3.63) is 23.3 Å². The predicted octanol–water partition coefficient (Wildman–Crippen LogP) is 4.09. The first-order valence-electron chi connectivity index (χ1n) is 2.87. The molecule has 0 amide bonds. The molecule has 0 N–H and O–H groups in total. The predicted molar refractivity (Wildman–Crippen MR) is 35.2 cm³/mol. The van der Waals surface area contributed by atoms with Crippen LogP contribution in [0, 0.1) is 0 Å². The Balaban J connectivity index is 5.31. The first-order valence-corrected chi connectivity index (χ1v) is 3.24. The molecule has 0 aromatic carbocycles. The molecule has 82 valence electrons. The Kier molecular flexibility index (Phi) is 3.60. The van der Waals surface area contributed by atoms with E-state index in [1.165, 1.54) is 0 Å². The van der Waals surface area contributed by atoms with Gasteiger partial charge >= 0.3 is 12.1 Å². The van der Waals surface area contributed by atoms with Crippen molar-refractivity contribution in [3.63, 3.8) is 0 Å². The van der Waals surface area contributed by atoms with Crippen LogP contribution in [0.25, 0.3) is 0 Å². The summed E-state index contributed by atoms with van der Waals surface area (Å²) in [5.74, 6) is -10.7. The Morgan fingerprint density at radius 3 is 1.57 bits per heavy atom. The minimum Gasteiger partial charge on any atom is -0.205 e. The summed E-state index contributed by atoms with van der Waals surface area (Å²) in [6.07, 6.45) is -5.50. The van der Waals surface area contributed by atoms with E-state index in [2.05, 4.69) is 11.6 Å². The fraction of sp³-hybridized carbons (Fsp3) is 0.333. The van der Waals surface area contributed by atoms with Crippen LogP contribution >= 0.6 is 11.6 Å². The molecule has 14 heavy (non-hydrogen) atoms. The van der Waals surface area contributed by atoms with Gasteiger partial charge in [-0.3, -0.25) is 0 Å². The maximum Gasteiger partial charge on any atom is 0.429 e. The molecule has 0 radical (unpaired) electrons. The quantitative estimate of drug-likeness (QED) is 0.640. The summed E-state index contributed by atoms with van der Waals surface area (Å²) < 4.78 is 83.3. The third-order valence-electron chi connectivity index (χ3n) is 1.06. The molecule has 8 heteroatoms. The normalized spacial score (nSPS) is 15.1. The van der Waals surface area contributed by atoms with Gasteiger partial charge in [0.1, 0.15) is 0 Å². The molecule has 0 aliphatic heterocycles. The van der Waals surface area contributed by atoms with Crippen LogP contribution in [0.3, 0.4) is 0 Å². The largest absolute Gasteiger partial charge is 0.429 e. The van der Waals surface area contributed by atoms with Crippen LogP contribution in [-0.4, -0.2) is 12.1 Å². The van der Waals surface area contributed by atoms with Gasteiger partial charge in [-0.25, -0.2) is 8.78 Å². The van der Waals surface area contributed by atoms with Crippen molar-refractivity contribution in [3.8, 4) is 0 Å². The van der Waals surface area contributed by atoms with Gasteiger partial charge in [0.2, 0.25) is 0 Å². The summed E-state index contributed by atoms with van der Waals surface area (Å²) in [6.45, 7) is 2.00. The Hall–Kier alpha value is -0.720. The fourth-order valence-electron chi connectivity index (χ4n) is 0.381. The maximum atomic E-state index is 12.3. The number of rotatable bonds is 2. The van der Waals surface area contributed by atoms with Gasteiger partial charge in [-0.05, 0) is 0 Å². The van der Waals surface area contributed by atoms with Gasteiger partial charge in [0.15, 0.2) is 16.7 Å². The third-order valence-corrected chi connectivity index (χ3v) is 1.44. The van der Waals surface area contributed by atoms with Gasteiger partial charge in [0, 0.05) is 0 Å². The zero-order valence-corrected chi connectivity index (χ0v) is 6.99. The van der Waals surface area contributed by atoms with Crippen LogP contribution < -0.4 is 0 Å². The number of hydrogen-bond acceptors (Lipinski definition) is 0. The van der Waals surface area contributed by atoms with Crippen molar-refractivity contribution in [2.24, 2.45) is 0 Å². The molecular weight excluding hydrogens is 241 g/mol. The molecule has 0 bridgehead atoms. The summed E-state index contributed by atoms with van der Waals surface area (Å²) in [7, 11) is 0. The second-order valence-corrected chi connectivity index (χ2v) is 2.48. The molecule has 0 spiro atoms. The number of halogens is 8. The lowest BCUT2D eigenvalue weighted by molar-refractivity contribution is -0.0903. The summed E-state index contributed by atoms with van der Waals surface area (Å²) in [5, 5.41) is -2.71. The minimum atomic E-state index is -5.50. The highest BCUT2D eigenvalue weighted by molar-refractivity contribution is 6.30. The zero-order chi connectivity index (χ0) is 11.7. The van der Waals surface area contributed by atoms with Crippen molar-refractivity contribution in [2.75, 3.05) is 0 Å². The van der Waals surface area contributed by atoms with Gasteiger partial charge in [0.25, 0.3) is 0 Å². The molecule has 0 saturated heterocycles. The summed E-state index contributed by atoms with van der Waals surface area (Å²) >= 11 is 4.23. The first-order chi connectivity index (χ1) is 6.01. The van der Waals surface area contributed by atoms with Crippen LogP contribution in [0.15, 0.2) is 23.3 Å². The SMILES string of the molecule is C=C(F)C(F)(F)C(F)=C(Cl)C(F)(F)F. The average molecular weight is 243 g/mol. The second-order valence-electron chi connectivity index (χ2n) is 2.11. The lowest BCUT2D eigenvalue weighted by Crippen LogP contribution is -2.22. The van der Waals surface area contributed by atoms with Gasteiger partial charge in [0.05, 0.1) is 0 Å². The molecule has 0 aliphatic rings. The van der Waals surface area contributed by atoms with E-state index in [0.717, 1.165) is 0 Å². The Morgan fingerprint density at radius 1 is 1.00 bits per heavy atom. The molecule has 0 rings (SSSR count). The molecule has 0 saturated carbocycles. The van der Waals surface area contributed by atoms with Gasteiger partial charge in [-0.15, -0.1) is 0 Å². The smallest absolute Gasteiger partial charge is 0.205 e. The van der Waals surface area contributed by atoms with E-state index >= 15 is 0 Å². The molecule has 0 aliphatic carbocycles. The highest BCUT2D eigenvalue weighted by Crippen LogP contribution is 2.41. The van der Waals surface area contributed by atoms with E-state index in [1.807, 2.05) is 6.58 Å². The molecule has 0 aromatic heterocycles. The number of allylic oxidation sites excluding steroid dienone is 3. The van der Waals surface area contributed by atoms with E-state index < -0.39 is 28.8 Å². The van der Waals surface area contributed by atoms with Crippen molar-refractivity contribution in [2.45, 2.75) is 12.1 Å². The van der Waals surface area contributed by atoms with E-state index in [1.54, 1.807) is 0 Å². The zero-order valence-electron chi connectivity index (χ0n) is 6.23. The van der Waals surface area contributed by atoms with Crippen LogP contribution in [0.2, 0.25) is 0 Å². The van der Waals surface area contributed by atoms with Crippen LogP contribution in [0.4, 0.5) is 30.7 Å². The van der Waals surface area contributed by atoms with Crippen molar-refractivity contribution in [1.29, 1.82) is 0 Å². The van der Waals surface area contributed by atoms with E-state index in [9.17, 15) is 30.7 Å². The van der Waals surface area contributed by atoms with Crippen LogP contribution in [-0.2, 0) is 0 Å². The molecule has 0 nitrogen and oxygen atoms in total. The average Bonchev–Trinajstić information content (AvgIpc) is 1.99. The molecule has 0 atom stereocenters. The van der Waals surface area contributed by atoms with Crippen LogP contribution in [0.5, 0.6) is 0 Å². The molecule has 0 unspecified atom stereocenters. The van der Waals surface area contributed by atoms with Gasteiger partial charge in [-0.2, -0.15) is 22.0 Å². The van der Waals surface area contributed by atoms with Gasteiger partial charge in [-0.1, -0.05) is 18.2 Å². The summed E-state index contributed by atoms with van der Waals surface area (Å²) in [5.41, 5.74) is 0. The number of hydrogen-bond donors (Lipinski definition) is 0. The molecule has 0 aromatic rings. The summed E-state index contributed by atoms with van der Waals surface area (Å²) in [4.78, 5) is 0. The fourth-order valence-corrected chi connectivity index (χ4v) is 0.500. The van der Waals surface area contributed by atoms with E-state index in [-0.39, 0.29) is 0 Å². The molecule has 0 heterocycles. The van der Waals surface area contributed by atoms with E-state index in [4.69, 9.17) is 0 Å². The Bertz CT molecular complexity index is 274. The Labute approximate surface area is 78.6 Å². The van der Waals surface area contributed by atoms with Gasteiger partial charge < -0.3 is 0 Å². The topological polar surface area (TPSA) is 0 Å². The first kappa shape index (κ1) is 13.3. The van der Waals surface area contributed by atoms with Crippen molar-refractivity contribution in [1.82, 2.24) is 0 Å². The maximum absolute atomic E-state index is 12.3. The van der Waals surface area contributed by atoms with Crippen molar-refractivity contribution < 1.29 is 30.7 Å². The minimum absolute atomic E-state index is 2.00. The molecular formula is C6H2ClF7. The summed E-state index contributed by atoms with van der Waals surface area (Å²) in [6, 6.07) is 0.